The van der Waals surface area contributed by atoms with Crippen LogP contribution in [-0.2, 0) is 10.3 Å². The highest BCUT2D eigenvalue weighted by molar-refractivity contribution is 5.65. The fourth-order valence-electron chi connectivity index (χ4n) is 3.50. The van der Waals surface area contributed by atoms with E-state index in [-0.39, 0.29) is 11.7 Å². The number of likely N-dealkylation sites (tertiary alicyclic amines) is 1. The lowest BCUT2D eigenvalue weighted by molar-refractivity contribution is -0.0278. The monoisotopic (exact) mass is 406 g/mol. The summed E-state index contributed by atoms with van der Waals surface area (Å²) in [5.41, 5.74) is 1.54. The van der Waals surface area contributed by atoms with E-state index in [4.69, 9.17) is 9.47 Å². The summed E-state index contributed by atoms with van der Waals surface area (Å²) in [4.78, 5) is 16.6. The predicted octanol–water partition coefficient (Wildman–Crippen LogP) is 3.28. The molecule has 3 rings (SSSR count). The molecule has 7 nitrogen and oxygen atoms in total. The van der Waals surface area contributed by atoms with E-state index in [1.54, 1.807) is 12.1 Å². The van der Waals surface area contributed by atoms with E-state index in [2.05, 4.69) is 14.6 Å². The van der Waals surface area contributed by atoms with Crippen LogP contribution in [0.25, 0.3) is 0 Å². The highest BCUT2D eigenvalue weighted by Crippen LogP contribution is 2.34. The molecular weight excluding hydrogens is 379 g/mol. The highest BCUT2D eigenvalue weighted by atomic mass is 19.1. The van der Waals surface area contributed by atoms with Gasteiger partial charge in [0.2, 0.25) is 5.88 Å². The van der Waals surface area contributed by atoms with Gasteiger partial charge in [-0.25, -0.2) is 9.18 Å². The number of aryl methyl sites for hydroxylation is 1. The lowest BCUT2D eigenvalue weighted by atomic mass is 9.84. The Labute approximate surface area is 169 Å². The van der Waals surface area contributed by atoms with Gasteiger partial charge < -0.3 is 24.3 Å². The second-order valence-corrected chi connectivity index (χ2v) is 7.32. The van der Waals surface area contributed by atoms with Gasteiger partial charge >= 0.3 is 6.16 Å². The summed E-state index contributed by atoms with van der Waals surface area (Å²) in [6.07, 6.45) is 0.321. The molecule has 0 spiro atoms. The minimum absolute atomic E-state index is 0.233. The molecule has 0 radical (unpaired) electrons. The third-order valence-electron chi connectivity index (χ3n) is 5.48. The number of aliphatic hydroxyl groups is 1. The van der Waals surface area contributed by atoms with Crippen molar-refractivity contribution in [2.24, 2.45) is 0 Å². The maximum absolute atomic E-state index is 13.1. The van der Waals surface area contributed by atoms with Crippen molar-refractivity contribution >= 4 is 6.16 Å². The number of hydrogen-bond acceptors (Lipinski definition) is 6. The SMILES string of the molecule is COC(=O)Oc1[nH]c(C)c(C)c1OCCN1CCC(O)(c2ccc(F)cc2)CC1. The number of aromatic amines is 1. The van der Waals surface area contributed by atoms with E-state index in [1.807, 2.05) is 13.8 Å². The number of benzene rings is 1. The van der Waals surface area contributed by atoms with E-state index in [9.17, 15) is 14.3 Å². The Hall–Kier alpha value is -2.58. The first kappa shape index (κ1) is 21.1. The molecule has 0 bridgehead atoms. The van der Waals surface area contributed by atoms with E-state index in [1.165, 1.54) is 19.2 Å². The lowest BCUT2D eigenvalue weighted by Gasteiger charge is -2.38. The smallest absolute Gasteiger partial charge is 0.486 e. The number of methoxy groups -OCH3 is 1. The Bertz CT molecular complexity index is 842. The second kappa shape index (κ2) is 8.84. The summed E-state index contributed by atoms with van der Waals surface area (Å²) in [7, 11) is 1.25. The normalized spacial score (nSPS) is 16.4. The van der Waals surface area contributed by atoms with Crippen LogP contribution in [0.2, 0.25) is 0 Å². The van der Waals surface area contributed by atoms with Gasteiger partial charge in [0.05, 0.1) is 12.7 Å². The van der Waals surface area contributed by atoms with Gasteiger partial charge in [0.25, 0.3) is 0 Å². The summed E-state index contributed by atoms with van der Waals surface area (Å²) in [6.45, 7) is 6.23. The van der Waals surface area contributed by atoms with Crippen molar-refractivity contribution in [2.45, 2.75) is 32.3 Å². The summed E-state index contributed by atoms with van der Waals surface area (Å²) in [5, 5.41) is 10.9. The first-order valence-corrected chi connectivity index (χ1v) is 9.61. The Kier molecular flexibility index (Phi) is 6.44. The number of aromatic nitrogens is 1. The van der Waals surface area contributed by atoms with Crippen LogP contribution in [0.3, 0.4) is 0 Å². The molecule has 2 aromatic rings. The Morgan fingerprint density at radius 1 is 1.24 bits per heavy atom. The average Bonchev–Trinajstić information content (AvgIpc) is 2.97. The number of halogens is 1. The molecule has 1 aliphatic rings. The van der Waals surface area contributed by atoms with Gasteiger partial charge in [-0.3, -0.25) is 4.90 Å². The molecule has 158 valence electrons. The van der Waals surface area contributed by atoms with Gasteiger partial charge in [-0.05, 0) is 44.4 Å². The second-order valence-electron chi connectivity index (χ2n) is 7.32. The zero-order chi connectivity index (χ0) is 21.0. The van der Waals surface area contributed by atoms with Crippen LogP contribution in [0.1, 0.15) is 29.7 Å². The molecule has 1 fully saturated rings. The van der Waals surface area contributed by atoms with Crippen LogP contribution in [0, 0.1) is 19.7 Å². The van der Waals surface area contributed by atoms with Crippen molar-refractivity contribution in [2.75, 3.05) is 33.4 Å². The summed E-state index contributed by atoms with van der Waals surface area (Å²) in [6, 6.07) is 6.05. The number of H-pyrrole nitrogens is 1. The summed E-state index contributed by atoms with van der Waals surface area (Å²) >= 11 is 0. The van der Waals surface area contributed by atoms with Crippen LogP contribution < -0.4 is 9.47 Å². The molecule has 0 saturated carbocycles. The number of hydrogen-bond donors (Lipinski definition) is 2. The number of piperidine rings is 1. The fourth-order valence-corrected chi connectivity index (χ4v) is 3.50. The Morgan fingerprint density at radius 2 is 1.90 bits per heavy atom. The van der Waals surface area contributed by atoms with Crippen molar-refractivity contribution in [1.82, 2.24) is 9.88 Å². The molecule has 8 heteroatoms. The van der Waals surface area contributed by atoms with Gasteiger partial charge in [0.1, 0.15) is 12.4 Å². The minimum Gasteiger partial charge on any atom is -0.486 e. The number of carbonyl (C=O) groups is 1. The Morgan fingerprint density at radius 3 is 2.52 bits per heavy atom. The third kappa shape index (κ3) is 4.89. The molecule has 0 aliphatic carbocycles. The van der Waals surface area contributed by atoms with E-state index in [0.717, 1.165) is 16.8 Å². The number of nitrogens with zero attached hydrogens (tertiary/aromatic N) is 1. The van der Waals surface area contributed by atoms with Crippen LogP contribution in [-0.4, -0.2) is 54.5 Å². The van der Waals surface area contributed by atoms with Gasteiger partial charge in [-0.1, -0.05) is 12.1 Å². The zero-order valence-corrected chi connectivity index (χ0v) is 17.0. The topological polar surface area (TPSA) is 84.0 Å². The van der Waals surface area contributed by atoms with E-state index in [0.29, 0.717) is 44.8 Å². The van der Waals surface area contributed by atoms with Crippen LogP contribution in [0.4, 0.5) is 9.18 Å². The van der Waals surface area contributed by atoms with Crippen molar-refractivity contribution in [3.63, 3.8) is 0 Å². The van der Waals surface area contributed by atoms with Crippen molar-refractivity contribution in [3.05, 3.63) is 46.9 Å². The standard InChI is InChI=1S/C21H27FN2O5/c1-14-15(2)23-19(29-20(25)27-3)18(14)28-13-12-24-10-8-21(26,9-11-24)16-4-6-17(22)7-5-16/h4-7,23,26H,8-13H2,1-3H3. The lowest BCUT2D eigenvalue weighted by Crippen LogP contribution is -2.43. The third-order valence-corrected chi connectivity index (χ3v) is 5.48. The molecular formula is C21H27FN2O5. The number of nitrogens with one attached hydrogen (secondary N) is 1. The molecule has 1 aromatic carbocycles. The van der Waals surface area contributed by atoms with E-state index < -0.39 is 11.8 Å². The van der Waals surface area contributed by atoms with Crippen LogP contribution in [0.5, 0.6) is 11.6 Å². The molecule has 29 heavy (non-hydrogen) atoms. The van der Waals surface area contributed by atoms with Crippen molar-refractivity contribution in [1.29, 1.82) is 0 Å². The van der Waals surface area contributed by atoms with Crippen molar-refractivity contribution < 1.29 is 28.5 Å². The summed E-state index contributed by atoms with van der Waals surface area (Å²) in [5.74, 6) is 0.418. The maximum atomic E-state index is 13.1. The van der Waals surface area contributed by atoms with Gasteiger partial charge in [0.15, 0.2) is 5.75 Å². The molecule has 1 aromatic heterocycles. The molecule has 1 saturated heterocycles. The highest BCUT2D eigenvalue weighted by Gasteiger charge is 2.33. The first-order valence-electron chi connectivity index (χ1n) is 9.61. The molecule has 1 aliphatic heterocycles. The first-order chi connectivity index (χ1) is 13.8. The predicted molar refractivity (Wildman–Crippen MR) is 105 cm³/mol. The van der Waals surface area contributed by atoms with Gasteiger partial charge in [0, 0.05) is 30.9 Å². The number of carbonyl (C=O) groups excluding carboxylic acids is 1. The Balaban J connectivity index is 1.52. The molecule has 0 unspecified atom stereocenters. The summed E-state index contributed by atoms with van der Waals surface area (Å²) < 4.78 is 28.6. The van der Waals surface area contributed by atoms with Crippen LogP contribution >= 0.6 is 0 Å². The van der Waals surface area contributed by atoms with Gasteiger partial charge in [-0.15, -0.1) is 0 Å². The quantitative estimate of drug-likeness (QED) is 0.717. The van der Waals surface area contributed by atoms with Crippen molar-refractivity contribution in [3.8, 4) is 11.6 Å². The fraction of sp³-hybridized carbons (Fsp3) is 0.476. The van der Waals surface area contributed by atoms with Gasteiger partial charge in [-0.2, -0.15) is 0 Å². The molecule has 2 heterocycles. The zero-order valence-electron chi connectivity index (χ0n) is 17.0. The average molecular weight is 406 g/mol. The minimum atomic E-state index is -0.930. The van der Waals surface area contributed by atoms with Crippen LogP contribution in [0.15, 0.2) is 24.3 Å². The molecule has 0 amide bonds. The largest absolute Gasteiger partial charge is 0.514 e. The maximum Gasteiger partial charge on any atom is 0.514 e. The number of rotatable bonds is 6. The molecule has 0 atom stereocenters. The number of ether oxygens (including phenoxy) is 3. The van der Waals surface area contributed by atoms with E-state index >= 15 is 0 Å². The molecule has 2 N–H and O–H groups in total.